The zero-order chi connectivity index (χ0) is 8.15. The first kappa shape index (κ1) is 9.22. The minimum Gasteiger partial charge on any atom is -0.387 e. The van der Waals surface area contributed by atoms with Crippen LogP contribution in [0.5, 0.6) is 0 Å². The Balaban J connectivity index is 3.91. The number of hydrogen-bond acceptors (Lipinski definition) is 5. The van der Waals surface area contributed by atoms with Gasteiger partial charge in [0.15, 0.2) is 12.6 Å². The van der Waals surface area contributed by atoms with E-state index in [0.29, 0.717) is 0 Å². The number of hydrogen-bond donors (Lipinski definition) is 3. The van der Waals surface area contributed by atoms with Gasteiger partial charge < -0.3 is 24.9 Å². The first-order valence-corrected chi connectivity index (χ1v) is 2.58. The maximum atomic E-state index is 9.73. The Labute approximate surface area is 56.9 Å². The van der Waals surface area contributed by atoms with Gasteiger partial charge in [0, 0.05) is 0 Å². The van der Waals surface area contributed by atoms with Gasteiger partial charge in [0.05, 0.1) is 0 Å². The van der Waals surface area contributed by atoms with E-state index < -0.39 is 18.3 Å². The van der Waals surface area contributed by atoms with Crippen molar-refractivity contribution in [2.24, 2.45) is 0 Å². The molecule has 0 fully saturated rings. The molecule has 3 N–H and O–H groups in total. The van der Waals surface area contributed by atoms with Crippen molar-refractivity contribution in [3.63, 3.8) is 0 Å². The fourth-order valence-electron chi connectivity index (χ4n) is 0.363. The van der Waals surface area contributed by atoms with Crippen LogP contribution in [-0.2, 0) is 9.59 Å². The summed E-state index contributed by atoms with van der Waals surface area (Å²) in [5, 5.41) is 25.6. The predicted molar refractivity (Wildman–Crippen MR) is 30.1 cm³/mol. The van der Waals surface area contributed by atoms with E-state index in [-0.39, 0.29) is 12.6 Å². The van der Waals surface area contributed by atoms with E-state index in [4.69, 9.17) is 15.3 Å². The topological polar surface area (TPSA) is 94.8 Å². The summed E-state index contributed by atoms with van der Waals surface area (Å²) in [5.41, 5.74) is 0. The van der Waals surface area contributed by atoms with Crippen LogP contribution in [0, 0.1) is 0 Å². The Morgan fingerprint density at radius 3 is 1.40 bits per heavy atom. The van der Waals surface area contributed by atoms with Crippen molar-refractivity contribution in [1.82, 2.24) is 0 Å². The number of carbonyl (C=O) groups is 2. The largest absolute Gasteiger partial charge is 0.387 e. The van der Waals surface area contributed by atoms with Gasteiger partial charge >= 0.3 is 0 Å². The van der Waals surface area contributed by atoms with E-state index in [1.807, 2.05) is 0 Å². The molecule has 0 saturated heterocycles. The first-order valence-electron chi connectivity index (χ1n) is 2.58. The van der Waals surface area contributed by atoms with Crippen LogP contribution in [0.3, 0.4) is 0 Å². The molecule has 2 unspecified atom stereocenters. The number of rotatable bonds is 4. The lowest BCUT2D eigenvalue weighted by atomic mass is 10.1. The maximum absolute atomic E-state index is 9.73. The molecule has 5 heteroatoms. The van der Waals surface area contributed by atoms with Crippen LogP contribution in [0.4, 0.5) is 0 Å². The highest BCUT2D eigenvalue weighted by Crippen LogP contribution is 1.94. The van der Waals surface area contributed by atoms with E-state index in [0.717, 1.165) is 0 Å². The molecule has 0 aromatic rings. The highest BCUT2D eigenvalue weighted by molar-refractivity contribution is 5.62. The Morgan fingerprint density at radius 2 is 1.20 bits per heavy atom. The van der Waals surface area contributed by atoms with Crippen molar-refractivity contribution in [2.45, 2.75) is 18.3 Å². The average Bonchev–Trinajstić information content (AvgIpc) is 2.00. The molecule has 10 heavy (non-hydrogen) atoms. The molecule has 0 bridgehead atoms. The third-order valence-corrected chi connectivity index (χ3v) is 0.979. The van der Waals surface area contributed by atoms with Gasteiger partial charge in [0.2, 0.25) is 0 Å². The number of aliphatic hydroxyl groups excluding tert-OH is 3. The van der Waals surface area contributed by atoms with Gasteiger partial charge in [-0.1, -0.05) is 0 Å². The normalized spacial score (nSPS) is 19.1. The molecule has 0 spiro atoms. The lowest BCUT2D eigenvalue weighted by Crippen LogP contribution is -2.39. The average molecular weight is 148 g/mol. The molecule has 0 aliphatic heterocycles. The smallest absolute Gasteiger partial charge is 0.151 e. The second-order valence-corrected chi connectivity index (χ2v) is 1.74. The number of carbonyl (C=O) groups excluding carboxylic acids is 2. The molecule has 2 atom stereocenters. The summed E-state index contributed by atoms with van der Waals surface area (Å²) in [4.78, 5) is 19.5. The molecule has 0 aliphatic carbocycles. The lowest BCUT2D eigenvalue weighted by Gasteiger charge is -2.13. The zero-order valence-electron chi connectivity index (χ0n) is 5.04. The quantitative estimate of drug-likeness (QED) is 0.382. The van der Waals surface area contributed by atoms with Gasteiger partial charge in [-0.15, -0.1) is 0 Å². The van der Waals surface area contributed by atoms with Crippen LogP contribution in [0.1, 0.15) is 0 Å². The maximum Gasteiger partial charge on any atom is 0.151 e. The van der Waals surface area contributed by atoms with Crippen LogP contribution < -0.4 is 0 Å². The SMILES string of the molecule is O=CC(O)C(O)C(O)C=O. The number of aldehydes is 2. The predicted octanol–water partition coefficient (Wildman–Crippen LogP) is -2.53. The molecule has 0 aliphatic rings. The molecule has 0 radical (unpaired) electrons. The van der Waals surface area contributed by atoms with Crippen molar-refractivity contribution in [2.75, 3.05) is 0 Å². The van der Waals surface area contributed by atoms with Crippen LogP contribution in [0.15, 0.2) is 0 Å². The van der Waals surface area contributed by atoms with Gasteiger partial charge in [-0.05, 0) is 0 Å². The monoisotopic (exact) mass is 148 g/mol. The Morgan fingerprint density at radius 1 is 0.900 bits per heavy atom. The molecular formula is C5H8O5. The van der Waals surface area contributed by atoms with Gasteiger partial charge in [-0.3, -0.25) is 0 Å². The molecule has 0 aromatic heterocycles. The Hall–Kier alpha value is -0.780. The van der Waals surface area contributed by atoms with E-state index in [1.165, 1.54) is 0 Å². The summed E-state index contributed by atoms with van der Waals surface area (Å²) in [6, 6.07) is 0. The summed E-state index contributed by atoms with van der Waals surface area (Å²) < 4.78 is 0. The first-order chi connectivity index (χ1) is 4.63. The highest BCUT2D eigenvalue weighted by Gasteiger charge is 2.22. The van der Waals surface area contributed by atoms with Gasteiger partial charge in [0.1, 0.15) is 18.3 Å². The van der Waals surface area contributed by atoms with Crippen molar-refractivity contribution < 1.29 is 24.9 Å². The minimum atomic E-state index is -1.73. The fourth-order valence-corrected chi connectivity index (χ4v) is 0.363. The molecule has 0 saturated carbocycles. The Bertz CT molecular complexity index is 109. The minimum absolute atomic E-state index is 0.0391. The third kappa shape index (κ3) is 2.22. The molecule has 0 aromatic carbocycles. The van der Waals surface area contributed by atoms with Crippen LogP contribution in [-0.4, -0.2) is 46.2 Å². The standard InChI is InChI=1S/C5H8O5/c6-1-3(8)5(10)4(9)2-7/h1-5,8-10H. The van der Waals surface area contributed by atoms with Crippen molar-refractivity contribution in [1.29, 1.82) is 0 Å². The second kappa shape index (κ2) is 4.10. The van der Waals surface area contributed by atoms with E-state index in [2.05, 4.69) is 0 Å². The van der Waals surface area contributed by atoms with Gasteiger partial charge in [0.25, 0.3) is 0 Å². The summed E-state index contributed by atoms with van der Waals surface area (Å²) in [6.45, 7) is 0. The number of aliphatic hydroxyl groups is 3. The lowest BCUT2D eigenvalue weighted by molar-refractivity contribution is -0.133. The van der Waals surface area contributed by atoms with Gasteiger partial charge in [-0.25, -0.2) is 0 Å². The van der Waals surface area contributed by atoms with Crippen LogP contribution in [0.2, 0.25) is 0 Å². The van der Waals surface area contributed by atoms with Crippen molar-refractivity contribution in [3.8, 4) is 0 Å². The second-order valence-electron chi connectivity index (χ2n) is 1.74. The summed E-state index contributed by atoms with van der Waals surface area (Å²) in [7, 11) is 0. The molecule has 5 nitrogen and oxygen atoms in total. The molecule has 0 rings (SSSR count). The van der Waals surface area contributed by atoms with Crippen LogP contribution in [0.25, 0.3) is 0 Å². The summed E-state index contributed by atoms with van der Waals surface area (Å²) in [5.74, 6) is 0. The summed E-state index contributed by atoms with van der Waals surface area (Å²) in [6.07, 6.45) is -5.06. The Kier molecular flexibility index (Phi) is 3.78. The van der Waals surface area contributed by atoms with Crippen molar-refractivity contribution >= 4 is 12.6 Å². The van der Waals surface area contributed by atoms with E-state index >= 15 is 0 Å². The van der Waals surface area contributed by atoms with Gasteiger partial charge in [-0.2, -0.15) is 0 Å². The summed E-state index contributed by atoms with van der Waals surface area (Å²) >= 11 is 0. The van der Waals surface area contributed by atoms with E-state index in [1.54, 1.807) is 0 Å². The fraction of sp³-hybridized carbons (Fsp3) is 0.600. The van der Waals surface area contributed by atoms with Crippen LogP contribution >= 0.6 is 0 Å². The van der Waals surface area contributed by atoms with Crippen molar-refractivity contribution in [3.05, 3.63) is 0 Å². The molecule has 0 heterocycles. The molecular weight excluding hydrogens is 140 g/mol. The third-order valence-electron chi connectivity index (χ3n) is 0.979. The molecule has 0 amide bonds. The highest BCUT2D eigenvalue weighted by atomic mass is 16.4. The molecule has 58 valence electrons. The van der Waals surface area contributed by atoms with E-state index in [9.17, 15) is 9.59 Å². The zero-order valence-corrected chi connectivity index (χ0v) is 5.04.